The molecule has 20 heavy (non-hydrogen) atoms. The Kier molecular flexibility index (Phi) is 4.64. The SMILES string of the molecule is CCN(CCNCc1cc(Br)cc2c1OCC2)C1CC1. The van der Waals surface area contributed by atoms with Gasteiger partial charge in [-0.2, -0.15) is 0 Å². The zero-order valence-electron chi connectivity index (χ0n) is 12.1. The topological polar surface area (TPSA) is 24.5 Å². The van der Waals surface area contributed by atoms with Gasteiger partial charge in [0, 0.05) is 42.1 Å². The Morgan fingerprint density at radius 1 is 1.40 bits per heavy atom. The van der Waals surface area contributed by atoms with Crippen LogP contribution in [0, 0.1) is 0 Å². The zero-order valence-corrected chi connectivity index (χ0v) is 13.7. The van der Waals surface area contributed by atoms with Crippen molar-refractivity contribution in [3.8, 4) is 5.75 Å². The summed E-state index contributed by atoms with van der Waals surface area (Å²) in [6, 6.07) is 5.22. The number of hydrogen-bond acceptors (Lipinski definition) is 3. The van der Waals surface area contributed by atoms with E-state index in [4.69, 9.17) is 4.74 Å². The van der Waals surface area contributed by atoms with Crippen LogP contribution >= 0.6 is 15.9 Å². The molecule has 0 spiro atoms. The van der Waals surface area contributed by atoms with E-state index in [2.05, 4.69) is 45.2 Å². The first-order valence-electron chi connectivity index (χ1n) is 7.66. The number of fused-ring (bicyclic) bond motifs is 1. The van der Waals surface area contributed by atoms with Crippen LogP contribution in [-0.2, 0) is 13.0 Å². The predicted octanol–water partition coefficient (Wildman–Crippen LogP) is 2.96. The summed E-state index contributed by atoms with van der Waals surface area (Å²) in [5.41, 5.74) is 2.62. The fourth-order valence-electron chi connectivity index (χ4n) is 2.96. The predicted molar refractivity (Wildman–Crippen MR) is 85.3 cm³/mol. The minimum Gasteiger partial charge on any atom is -0.493 e. The molecule has 0 saturated heterocycles. The zero-order chi connectivity index (χ0) is 13.9. The quantitative estimate of drug-likeness (QED) is 0.773. The number of nitrogens with one attached hydrogen (secondary N) is 1. The minimum atomic E-state index is 0.823. The molecule has 1 fully saturated rings. The summed E-state index contributed by atoms with van der Waals surface area (Å²) in [7, 11) is 0. The maximum atomic E-state index is 5.76. The van der Waals surface area contributed by atoms with Gasteiger partial charge in [0.1, 0.15) is 5.75 Å². The number of hydrogen-bond donors (Lipinski definition) is 1. The highest BCUT2D eigenvalue weighted by molar-refractivity contribution is 9.10. The highest BCUT2D eigenvalue weighted by Gasteiger charge is 2.27. The van der Waals surface area contributed by atoms with Crippen molar-refractivity contribution in [2.45, 2.75) is 38.8 Å². The van der Waals surface area contributed by atoms with Gasteiger partial charge in [0.25, 0.3) is 0 Å². The van der Waals surface area contributed by atoms with Crippen LogP contribution in [-0.4, -0.2) is 37.2 Å². The number of nitrogens with zero attached hydrogens (tertiary/aromatic N) is 1. The lowest BCUT2D eigenvalue weighted by Gasteiger charge is -2.20. The maximum Gasteiger partial charge on any atom is 0.127 e. The Hall–Kier alpha value is -0.580. The van der Waals surface area contributed by atoms with Gasteiger partial charge >= 0.3 is 0 Å². The molecule has 3 nitrogen and oxygen atoms in total. The number of benzene rings is 1. The van der Waals surface area contributed by atoms with Gasteiger partial charge in [-0.05, 0) is 37.1 Å². The molecule has 3 rings (SSSR count). The molecule has 1 aromatic rings. The molecule has 1 N–H and O–H groups in total. The van der Waals surface area contributed by atoms with Crippen molar-refractivity contribution >= 4 is 15.9 Å². The molecule has 110 valence electrons. The molecule has 1 aliphatic heterocycles. The van der Waals surface area contributed by atoms with Crippen LogP contribution in [0.5, 0.6) is 5.75 Å². The lowest BCUT2D eigenvalue weighted by molar-refractivity contribution is 0.276. The Bertz CT molecular complexity index is 474. The summed E-state index contributed by atoms with van der Waals surface area (Å²) in [5, 5.41) is 3.56. The average molecular weight is 339 g/mol. The highest BCUT2D eigenvalue weighted by atomic mass is 79.9. The van der Waals surface area contributed by atoms with Crippen LogP contribution in [0.1, 0.15) is 30.9 Å². The largest absolute Gasteiger partial charge is 0.493 e. The van der Waals surface area contributed by atoms with Gasteiger partial charge in [-0.3, -0.25) is 4.90 Å². The Morgan fingerprint density at radius 3 is 3.00 bits per heavy atom. The van der Waals surface area contributed by atoms with Crippen molar-refractivity contribution in [3.63, 3.8) is 0 Å². The van der Waals surface area contributed by atoms with Gasteiger partial charge in [0.15, 0.2) is 0 Å². The molecular formula is C16H23BrN2O. The molecular weight excluding hydrogens is 316 g/mol. The minimum absolute atomic E-state index is 0.823. The summed E-state index contributed by atoms with van der Waals surface area (Å²) in [4.78, 5) is 2.58. The van der Waals surface area contributed by atoms with Gasteiger partial charge in [-0.25, -0.2) is 0 Å². The van der Waals surface area contributed by atoms with E-state index in [0.29, 0.717) is 0 Å². The molecule has 0 aromatic heterocycles. The van der Waals surface area contributed by atoms with Gasteiger partial charge in [0.2, 0.25) is 0 Å². The van der Waals surface area contributed by atoms with Gasteiger partial charge in [-0.15, -0.1) is 0 Å². The Balaban J connectivity index is 1.51. The molecule has 0 bridgehead atoms. The van der Waals surface area contributed by atoms with Crippen molar-refractivity contribution in [1.29, 1.82) is 0 Å². The van der Waals surface area contributed by atoms with E-state index in [0.717, 1.165) is 48.9 Å². The van der Waals surface area contributed by atoms with E-state index < -0.39 is 0 Å². The Labute approximate surface area is 129 Å². The average Bonchev–Trinajstić information content (AvgIpc) is 3.16. The van der Waals surface area contributed by atoms with Crippen molar-refractivity contribution < 1.29 is 4.74 Å². The highest BCUT2D eigenvalue weighted by Crippen LogP contribution is 2.32. The summed E-state index contributed by atoms with van der Waals surface area (Å²) in [6.07, 6.45) is 3.81. The lowest BCUT2D eigenvalue weighted by atomic mass is 10.1. The number of rotatable bonds is 7. The molecule has 0 unspecified atom stereocenters. The molecule has 0 amide bonds. The molecule has 4 heteroatoms. The molecule has 0 atom stereocenters. The van der Waals surface area contributed by atoms with Crippen LogP contribution < -0.4 is 10.1 Å². The van der Waals surface area contributed by atoms with Crippen LogP contribution in [0.2, 0.25) is 0 Å². The van der Waals surface area contributed by atoms with Crippen molar-refractivity contribution in [1.82, 2.24) is 10.2 Å². The summed E-state index contributed by atoms with van der Waals surface area (Å²) < 4.78 is 6.92. The third kappa shape index (κ3) is 3.35. The van der Waals surface area contributed by atoms with Crippen LogP contribution in [0.3, 0.4) is 0 Å². The lowest BCUT2D eigenvalue weighted by Crippen LogP contribution is -2.33. The molecule has 0 radical (unpaired) electrons. The van der Waals surface area contributed by atoms with E-state index in [1.807, 2.05) is 0 Å². The van der Waals surface area contributed by atoms with E-state index in [1.54, 1.807) is 0 Å². The molecule has 1 aliphatic carbocycles. The number of likely N-dealkylation sites (N-methyl/N-ethyl adjacent to an activating group) is 1. The Morgan fingerprint density at radius 2 is 2.25 bits per heavy atom. The monoisotopic (exact) mass is 338 g/mol. The number of halogens is 1. The molecule has 1 aromatic carbocycles. The second kappa shape index (κ2) is 6.46. The van der Waals surface area contributed by atoms with Crippen molar-refractivity contribution in [2.75, 3.05) is 26.2 Å². The van der Waals surface area contributed by atoms with Crippen LogP contribution in [0.4, 0.5) is 0 Å². The van der Waals surface area contributed by atoms with E-state index in [9.17, 15) is 0 Å². The second-order valence-corrected chi connectivity index (χ2v) is 6.60. The van der Waals surface area contributed by atoms with E-state index in [1.165, 1.54) is 30.5 Å². The van der Waals surface area contributed by atoms with Gasteiger partial charge < -0.3 is 10.1 Å². The van der Waals surface area contributed by atoms with E-state index in [-0.39, 0.29) is 0 Å². The van der Waals surface area contributed by atoms with Gasteiger partial charge in [0.05, 0.1) is 6.61 Å². The smallest absolute Gasteiger partial charge is 0.127 e. The fourth-order valence-corrected chi connectivity index (χ4v) is 3.51. The van der Waals surface area contributed by atoms with Crippen molar-refractivity contribution in [2.24, 2.45) is 0 Å². The number of ether oxygens (including phenoxy) is 1. The fraction of sp³-hybridized carbons (Fsp3) is 0.625. The first-order valence-corrected chi connectivity index (χ1v) is 8.46. The summed E-state index contributed by atoms with van der Waals surface area (Å²) in [6.45, 7) is 7.34. The maximum absolute atomic E-state index is 5.76. The first-order chi connectivity index (χ1) is 9.78. The van der Waals surface area contributed by atoms with Crippen molar-refractivity contribution in [3.05, 3.63) is 27.7 Å². The normalized spacial score (nSPS) is 17.4. The second-order valence-electron chi connectivity index (χ2n) is 5.69. The molecule has 1 heterocycles. The summed E-state index contributed by atoms with van der Waals surface area (Å²) >= 11 is 3.59. The third-order valence-electron chi connectivity index (χ3n) is 4.19. The molecule has 1 saturated carbocycles. The van der Waals surface area contributed by atoms with Crippen LogP contribution in [0.25, 0.3) is 0 Å². The first kappa shape index (κ1) is 14.4. The molecule has 2 aliphatic rings. The van der Waals surface area contributed by atoms with E-state index >= 15 is 0 Å². The third-order valence-corrected chi connectivity index (χ3v) is 4.64. The van der Waals surface area contributed by atoms with Crippen LogP contribution in [0.15, 0.2) is 16.6 Å². The standard InChI is InChI=1S/C16H23BrN2O/c1-2-19(15-3-4-15)7-6-18-11-13-10-14(17)9-12-5-8-20-16(12)13/h9-10,15,18H,2-8,11H2,1H3. The summed E-state index contributed by atoms with van der Waals surface area (Å²) in [5.74, 6) is 1.11. The van der Waals surface area contributed by atoms with Gasteiger partial charge in [-0.1, -0.05) is 22.9 Å².